The molecule has 1 aromatic heterocycles. The van der Waals surface area contributed by atoms with Gasteiger partial charge in [-0.25, -0.2) is 0 Å². The van der Waals surface area contributed by atoms with Crippen LogP contribution in [-0.4, -0.2) is 25.5 Å². The highest BCUT2D eigenvalue weighted by Gasteiger charge is 2.18. The maximum atomic E-state index is 12.0. The Morgan fingerprint density at radius 2 is 1.88 bits per heavy atom. The second kappa shape index (κ2) is 6.86. The number of hydrogen-bond acceptors (Lipinski definition) is 6. The van der Waals surface area contributed by atoms with Crippen molar-refractivity contribution in [2.45, 2.75) is 26.8 Å². The molecule has 1 N–H and O–H groups in total. The normalized spacial score (nSPS) is 10.4. The van der Waals surface area contributed by atoms with E-state index in [0.717, 1.165) is 6.20 Å². The highest BCUT2D eigenvalue weighted by atomic mass is 16.6. The van der Waals surface area contributed by atoms with Crippen molar-refractivity contribution in [1.82, 2.24) is 9.78 Å². The minimum absolute atomic E-state index is 0.0231. The molecule has 1 amide bonds. The number of carbonyl (C=O) groups is 1. The van der Waals surface area contributed by atoms with Gasteiger partial charge < -0.3 is 5.32 Å². The Bertz CT molecular complexity index is 814. The summed E-state index contributed by atoms with van der Waals surface area (Å²) in [6, 6.07) is 4.50. The van der Waals surface area contributed by atoms with Crippen LogP contribution in [0.5, 0.6) is 0 Å². The Morgan fingerprint density at radius 3 is 2.46 bits per heavy atom. The molecule has 10 heteroatoms. The van der Waals surface area contributed by atoms with E-state index in [0.29, 0.717) is 11.3 Å². The summed E-state index contributed by atoms with van der Waals surface area (Å²) < 4.78 is 1.35. The van der Waals surface area contributed by atoms with E-state index in [1.54, 1.807) is 13.0 Å². The molecule has 126 valence electrons. The molecular weight excluding hydrogens is 318 g/mol. The number of aromatic nitrogens is 2. The minimum Gasteiger partial charge on any atom is -0.320 e. The van der Waals surface area contributed by atoms with E-state index in [9.17, 15) is 25.0 Å². The predicted molar refractivity (Wildman–Crippen MR) is 84.7 cm³/mol. The Balaban J connectivity index is 2.04. The first kappa shape index (κ1) is 17.1. The zero-order chi connectivity index (χ0) is 17.9. The number of hydrogen-bond donors (Lipinski definition) is 1. The third-order valence-electron chi connectivity index (χ3n) is 3.45. The summed E-state index contributed by atoms with van der Waals surface area (Å²) in [6.07, 6.45) is 1.10. The van der Waals surface area contributed by atoms with E-state index < -0.39 is 15.8 Å². The summed E-state index contributed by atoms with van der Waals surface area (Å²) >= 11 is 0. The lowest BCUT2D eigenvalue weighted by molar-refractivity contribution is -0.385. The van der Waals surface area contributed by atoms with Crippen LogP contribution in [0.3, 0.4) is 0 Å². The fourth-order valence-electron chi connectivity index (χ4n) is 2.16. The van der Waals surface area contributed by atoms with E-state index in [2.05, 4.69) is 10.4 Å². The van der Waals surface area contributed by atoms with E-state index in [4.69, 9.17) is 0 Å². The SMILES string of the molecule is Cc1ccc(NC(=O)CCn2ncc([N+](=O)[O-])c2C)c([N+](=O)[O-])c1. The fraction of sp³-hybridized carbons (Fsp3) is 0.286. The van der Waals surface area contributed by atoms with Gasteiger partial charge in [-0.05, 0) is 25.5 Å². The maximum Gasteiger partial charge on any atom is 0.309 e. The largest absolute Gasteiger partial charge is 0.320 e. The van der Waals surface area contributed by atoms with Gasteiger partial charge in [-0.1, -0.05) is 6.07 Å². The lowest BCUT2D eigenvalue weighted by atomic mass is 10.2. The summed E-state index contributed by atoms with van der Waals surface area (Å²) in [7, 11) is 0. The van der Waals surface area contributed by atoms with Gasteiger partial charge in [0.15, 0.2) is 0 Å². The first-order chi connectivity index (χ1) is 11.3. The lowest BCUT2D eigenvalue weighted by Crippen LogP contribution is -2.16. The maximum absolute atomic E-state index is 12.0. The zero-order valence-electron chi connectivity index (χ0n) is 13.1. The number of carbonyl (C=O) groups excluding carboxylic acids is 1. The van der Waals surface area contributed by atoms with Crippen molar-refractivity contribution in [1.29, 1.82) is 0 Å². The highest BCUT2D eigenvalue weighted by Crippen LogP contribution is 2.25. The predicted octanol–water partition coefficient (Wildman–Crippen LogP) is 2.35. The monoisotopic (exact) mass is 333 g/mol. The average Bonchev–Trinajstić information content (AvgIpc) is 2.88. The Labute approximate surface area is 136 Å². The van der Waals surface area contributed by atoms with Crippen LogP contribution in [0.4, 0.5) is 17.1 Å². The number of nitro benzene ring substituents is 1. The highest BCUT2D eigenvalue weighted by molar-refractivity contribution is 5.93. The van der Waals surface area contributed by atoms with Crippen LogP contribution in [0.2, 0.25) is 0 Å². The number of nitro groups is 2. The molecule has 1 aromatic carbocycles. The Hall–Kier alpha value is -3.30. The van der Waals surface area contributed by atoms with Gasteiger partial charge in [-0.15, -0.1) is 0 Å². The van der Waals surface area contributed by atoms with Crippen LogP contribution in [0.25, 0.3) is 0 Å². The second-order valence-electron chi connectivity index (χ2n) is 5.17. The second-order valence-corrected chi connectivity index (χ2v) is 5.17. The molecule has 0 bridgehead atoms. The Kier molecular flexibility index (Phi) is 4.87. The topological polar surface area (TPSA) is 133 Å². The number of nitrogens with zero attached hydrogens (tertiary/aromatic N) is 4. The third-order valence-corrected chi connectivity index (χ3v) is 3.45. The molecule has 0 aliphatic carbocycles. The standard InChI is InChI=1S/C14H15N5O5/c1-9-3-4-11(12(7-9)18(21)22)16-14(20)5-6-17-10(2)13(8-15-17)19(23)24/h3-4,7-8H,5-6H2,1-2H3,(H,16,20). The minimum atomic E-state index is -0.566. The molecule has 0 atom stereocenters. The molecule has 0 spiro atoms. The molecule has 0 fully saturated rings. The quantitative estimate of drug-likeness (QED) is 0.637. The van der Waals surface area contributed by atoms with Crippen molar-refractivity contribution in [2.75, 3.05) is 5.32 Å². The molecule has 2 rings (SSSR count). The molecule has 0 unspecified atom stereocenters. The molecule has 0 aliphatic rings. The number of rotatable bonds is 6. The van der Waals surface area contributed by atoms with Gasteiger partial charge in [0.2, 0.25) is 5.91 Å². The lowest BCUT2D eigenvalue weighted by Gasteiger charge is -2.07. The number of amides is 1. The van der Waals surface area contributed by atoms with Gasteiger partial charge in [0, 0.05) is 12.5 Å². The van der Waals surface area contributed by atoms with Gasteiger partial charge in [-0.3, -0.25) is 29.7 Å². The van der Waals surface area contributed by atoms with Crippen molar-refractivity contribution in [3.63, 3.8) is 0 Å². The van der Waals surface area contributed by atoms with Crippen molar-refractivity contribution in [3.05, 3.63) is 55.9 Å². The molecule has 0 saturated heterocycles. The summed E-state index contributed by atoms with van der Waals surface area (Å²) in [5.74, 6) is -0.445. The third kappa shape index (κ3) is 3.72. The van der Waals surface area contributed by atoms with Crippen molar-refractivity contribution >= 4 is 23.0 Å². The average molecular weight is 333 g/mol. The summed E-state index contributed by atoms with van der Waals surface area (Å²) in [4.78, 5) is 32.7. The van der Waals surface area contributed by atoms with Crippen LogP contribution in [0.15, 0.2) is 24.4 Å². The zero-order valence-corrected chi connectivity index (χ0v) is 13.1. The van der Waals surface area contributed by atoms with Gasteiger partial charge in [0.25, 0.3) is 5.69 Å². The number of aryl methyl sites for hydroxylation is 2. The van der Waals surface area contributed by atoms with Gasteiger partial charge >= 0.3 is 5.69 Å². The van der Waals surface area contributed by atoms with Gasteiger partial charge in [0.05, 0.1) is 16.4 Å². The number of anilines is 1. The van der Waals surface area contributed by atoms with Gasteiger partial charge in [-0.2, -0.15) is 5.10 Å². The van der Waals surface area contributed by atoms with Crippen LogP contribution >= 0.6 is 0 Å². The van der Waals surface area contributed by atoms with Crippen molar-refractivity contribution in [2.24, 2.45) is 0 Å². The number of benzene rings is 1. The molecule has 24 heavy (non-hydrogen) atoms. The number of nitrogens with one attached hydrogen (secondary N) is 1. The van der Waals surface area contributed by atoms with Crippen LogP contribution in [0, 0.1) is 34.1 Å². The van der Waals surface area contributed by atoms with Crippen LogP contribution < -0.4 is 5.32 Å². The Morgan fingerprint density at radius 1 is 1.21 bits per heavy atom. The summed E-state index contributed by atoms with van der Waals surface area (Å²) in [5, 5.41) is 28.1. The van der Waals surface area contributed by atoms with Gasteiger partial charge in [0.1, 0.15) is 17.6 Å². The fourth-order valence-corrected chi connectivity index (χ4v) is 2.16. The molecule has 10 nitrogen and oxygen atoms in total. The van der Waals surface area contributed by atoms with E-state index in [1.165, 1.54) is 23.7 Å². The molecule has 0 saturated carbocycles. The van der Waals surface area contributed by atoms with E-state index >= 15 is 0 Å². The molecule has 0 aliphatic heterocycles. The van der Waals surface area contributed by atoms with Crippen molar-refractivity contribution in [3.8, 4) is 0 Å². The smallest absolute Gasteiger partial charge is 0.309 e. The molecule has 1 heterocycles. The first-order valence-corrected chi connectivity index (χ1v) is 7.01. The molecule has 0 radical (unpaired) electrons. The van der Waals surface area contributed by atoms with Crippen LogP contribution in [-0.2, 0) is 11.3 Å². The molecule has 2 aromatic rings. The van der Waals surface area contributed by atoms with Crippen molar-refractivity contribution < 1.29 is 14.6 Å². The van der Waals surface area contributed by atoms with E-state index in [-0.39, 0.29) is 30.0 Å². The summed E-state index contributed by atoms with van der Waals surface area (Å²) in [5.41, 5.74) is 0.853. The van der Waals surface area contributed by atoms with E-state index in [1.807, 2.05) is 0 Å². The summed E-state index contributed by atoms with van der Waals surface area (Å²) in [6.45, 7) is 3.38. The van der Waals surface area contributed by atoms with Crippen LogP contribution in [0.1, 0.15) is 17.7 Å². The first-order valence-electron chi connectivity index (χ1n) is 7.01. The molecular formula is C14H15N5O5.